The number of aromatic nitrogens is 3. The second kappa shape index (κ2) is 3.34. The zero-order valence-corrected chi connectivity index (χ0v) is 7.06. The molecule has 0 saturated heterocycles. The van der Waals surface area contributed by atoms with Crippen LogP contribution in [0.1, 0.15) is 24.5 Å². The van der Waals surface area contributed by atoms with Gasteiger partial charge in [0.05, 0.1) is 0 Å². The Bertz CT molecular complexity index is 280. The second-order valence-electron chi connectivity index (χ2n) is 2.99. The van der Waals surface area contributed by atoms with E-state index in [1.165, 1.54) is 11.0 Å². The van der Waals surface area contributed by atoms with E-state index in [2.05, 4.69) is 10.1 Å². The lowest BCUT2D eigenvalue weighted by molar-refractivity contribution is 0.0683. The molecule has 66 valence electrons. The van der Waals surface area contributed by atoms with E-state index >= 15 is 0 Å². The minimum absolute atomic E-state index is 0.143. The summed E-state index contributed by atoms with van der Waals surface area (Å²) >= 11 is 0. The molecule has 5 nitrogen and oxygen atoms in total. The smallest absolute Gasteiger partial charge is 0.375 e. The Balaban J connectivity index is 2.71. The van der Waals surface area contributed by atoms with Gasteiger partial charge in [-0.25, -0.2) is 9.78 Å². The fraction of sp³-hybridized carbons (Fsp3) is 0.571. The van der Waals surface area contributed by atoms with E-state index in [9.17, 15) is 4.79 Å². The molecule has 5 heteroatoms. The SMILES string of the molecule is CC(C)Cn1cnc(C(=O)O)n1. The number of hydrogen-bond acceptors (Lipinski definition) is 3. The Kier molecular flexibility index (Phi) is 2.42. The summed E-state index contributed by atoms with van der Waals surface area (Å²) in [4.78, 5) is 14.0. The van der Waals surface area contributed by atoms with Crippen LogP contribution in [0.15, 0.2) is 6.33 Å². The van der Waals surface area contributed by atoms with Crippen molar-refractivity contribution in [2.45, 2.75) is 20.4 Å². The maximum Gasteiger partial charge on any atom is 0.375 e. The normalized spacial score (nSPS) is 10.6. The van der Waals surface area contributed by atoms with Crippen molar-refractivity contribution < 1.29 is 9.90 Å². The van der Waals surface area contributed by atoms with E-state index in [0.717, 1.165) is 0 Å². The van der Waals surface area contributed by atoms with E-state index in [1.54, 1.807) is 0 Å². The molecule has 1 rings (SSSR count). The largest absolute Gasteiger partial charge is 0.475 e. The van der Waals surface area contributed by atoms with E-state index in [1.807, 2.05) is 13.8 Å². The van der Waals surface area contributed by atoms with Crippen molar-refractivity contribution in [2.24, 2.45) is 5.92 Å². The summed E-state index contributed by atoms with van der Waals surface area (Å²) in [6, 6.07) is 0. The summed E-state index contributed by atoms with van der Waals surface area (Å²) < 4.78 is 1.54. The third kappa shape index (κ3) is 2.05. The van der Waals surface area contributed by atoms with Crippen LogP contribution in [0.4, 0.5) is 0 Å². The molecule has 0 spiro atoms. The molecular weight excluding hydrogens is 158 g/mol. The Morgan fingerprint density at radius 2 is 2.42 bits per heavy atom. The summed E-state index contributed by atoms with van der Waals surface area (Å²) in [6.45, 7) is 4.75. The van der Waals surface area contributed by atoms with Gasteiger partial charge in [0, 0.05) is 6.54 Å². The van der Waals surface area contributed by atoms with Crippen LogP contribution < -0.4 is 0 Å². The molecule has 0 atom stereocenters. The minimum atomic E-state index is -1.09. The van der Waals surface area contributed by atoms with Crippen molar-refractivity contribution in [3.8, 4) is 0 Å². The lowest BCUT2D eigenvalue weighted by Crippen LogP contribution is -2.06. The molecule has 0 aliphatic heterocycles. The van der Waals surface area contributed by atoms with E-state index in [-0.39, 0.29) is 5.82 Å². The van der Waals surface area contributed by atoms with Crippen molar-refractivity contribution in [1.82, 2.24) is 14.8 Å². The van der Waals surface area contributed by atoms with E-state index in [0.29, 0.717) is 12.5 Å². The Morgan fingerprint density at radius 1 is 1.75 bits per heavy atom. The summed E-state index contributed by atoms with van der Waals surface area (Å²) in [5.41, 5.74) is 0. The van der Waals surface area contributed by atoms with Crippen LogP contribution in [-0.4, -0.2) is 25.8 Å². The quantitative estimate of drug-likeness (QED) is 0.720. The van der Waals surface area contributed by atoms with Crippen LogP contribution in [0.5, 0.6) is 0 Å². The molecule has 1 N–H and O–H groups in total. The van der Waals surface area contributed by atoms with Gasteiger partial charge in [0.15, 0.2) is 0 Å². The van der Waals surface area contributed by atoms with Gasteiger partial charge in [0.2, 0.25) is 0 Å². The molecule has 0 fully saturated rings. The van der Waals surface area contributed by atoms with Crippen LogP contribution in [0.3, 0.4) is 0 Å². The van der Waals surface area contributed by atoms with E-state index in [4.69, 9.17) is 5.11 Å². The van der Waals surface area contributed by atoms with Gasteiger partial charge in [0.25, 0.3) is 5.82 Å². The third-order valence-electron chi connectivity index (χ3n) is 1.28. The standard InChI is InChI=1S/C7H11N3O2/c1-5(2)3-10-4-8-6(9-10)7(11)12/h4-5H,3H2,1-2H3,(H,11,12). The van der Waals surface area contributed by atoms with E-state index < -0.39 is 5.97 Å². The molecule has 0 aromatic carbocycles. The van der Waals surface area contributed by atoms with Gasteiger partial charge in [-0.15, -0.1) is 5.10 Å². The lowest BCUT2D eigenvalue weighted by atomic mass is 10.2. The second-order valence-corrected chi connectivity index (χ2v) is 2.99. The number of carbonyl (C=O) groups is 1. The molecule has 0 unspecified atom stereocenters. The zero-order valence-electron chi connectivity index (χ0n) is 7.06. The predicted octanol–water partition coefficient (Wildman–Crippen LogP) is 0.632. The first-order chi connectivity index (χ1) is 5.59. The van der Waals surface area contributed by atoms with Crippen molar-refractivity contribution in [3.63, 3.8) is 0 Å². The maximum absolute atomic E-state index is 10.4. The summed E-state index contributed by atoms with van der Waals surface area (Å²) in [5.74, 6) is -0.790. The molecule has 0 bridgehead atoms. The highest BCUT2D eigenvalue weighted by atomic mass is 16.4. The fourth-order valence-corrected chi connectivity index (χ4v) is 0.855. The highest BCUT2D eigenvalue weighted by molar-refractivity contribution is 5.82. The van der Waals surface area contributed by atoms with Crippen molar-refractivity contribution in [3.05, 3.63) is 12.2 Å². The van der Waals surface area contributed by atoms with Gasteiger partial charge in [-0.05, 0) is 5.92 Å². The van der Waals surface area contributed by atoms with Gasteiger partial charge in [-0.3, -0.25) is 4.68 Å². The first kappa shape index (κ1) is 8.70. The Hall–Kier alpha value is -1.39. The molecule has 0 aliphatic carbocycles. The van der Waals surface area contributed by atoms with Crippen LogP contribution in [0, 0.1) is 5.92 Å². The van der Waals surface area contributed by atoms with Crippen LogP contribution in [0.2, 0.25) is 0 Å². The molecule has 0 aliphatic rings. The minimum Gasteiger partial charge on any atom is -0.475 e. The Morgan fingerprint density at radius 3 is 2.83 bits per heavy atom. The molecule has 0 amide bonds. The molecule has 0 radical (unpaired) electrons. The van der Waals surface area contributed by atoms with Gasteiger partial charge in [-0.1, -0.05) is 13.8 Å². The summed E-state index contributed by atoms with van der Waals surface area (Å²) in [7, 11) is 0. The van der Waals surface area contributed by atoms with Crippen LogP contribution in [0.25, 0.3) is 0 Å². The Labute approximate surface area is 70.0 Å². The first-order valence-corrected chi connectivity index (χ1v) is 3.72. The molecule has 0 saturated carbocycles. The molecule has 1 aromatic rings. The summed E-state index contributed by atoms with van der Waals surface area (Å²) in [5, 5.41) is 12.2. The predicted molar refractivity (Wildman–Crippen MR) is 41.8 cm³/mol. The average molecular weight is 169 g/mol. The average Bonchev–Trinajstić information content (AvgIpc) is 2.34. The molecule has 1 heterocycles. The highest BCUT2D eigenvalue weighted by Gasteiger charge is 2.08. The third-order valence-corrected chi connectivity index (χ3v) is 1.28. The van der Waals surface area contributed by atoms with Gasteiger partial charge < -0.3 is 5.11 Å². The molecular formula is C7H11N3O2. The number of nitrogens with zero attached hydrogens (tertiary/aromatic N) is 3. The van der Waals surface area contributed by atoms with Gasteiger partial charge in [-0.2, -0.15) is 0 Å². The zero-order chi connectivity index (χ0) is 9.14. The molecule has 12 heavy (non-hydrogen) atoms. The molecule has 1 aromatic heterocycles. The van der Waals surface area contributed by atoms with Crippen molar-refractivity contribution >= 4 is 5.97 Å². The van der Waals surface area contributed by atoms with Crippen molar-refractivity contribution in [2.75, 3.05) is 0 Å². The van der Waals surface area contributed by atoms with Gasteiger partial charge >= 0.3 is 5.97 Å². The number of rotatable bonds is 3. The monoisotopic (exact) mass is 169 g/mol. The number of carboxylic acid groups (broad SMARTS) is 1. The number of hydrogen-bond donors (Lipinski definition) is 1. The number of carboxylic acids is 1. The van der Waals surface area contributed by atoms with Crippen LogP contribution in [-0.2, 0) is 6.54 Å². The van der Waals surface area contributed by atoms with Crippen LogP contribution >= 0.6 is 0 Å². The number of aromatic carboxylic acids is 1. The summed E-state index contributed by atoms with van der Waals surface area (Å²) in [6.07, 6.45) is 1.43. The highest BCUT2D eigenvalue weighted by Crippen LogP contribution is 1.97. The topological polar surface area (TPSA) is 68.0 Å². The maximum atomic E-state index is 10.4. The van der Waals surface area contributed by atoms with Crippen molar-refractivity contribution in [1.29, 1.82) is 0 Å². The fourth-order valence-electron chi connectivity index (χ4n) is 0.855. The first-order valence-electron chi connectivity index (χ1n) is 3.72. The van der Waals surface area contributed by atoms with Gasteiger partial charge in [0.1, 0.15) is 6.33 Å². The lowest BCUT2D eigenvalue weighted by Gasteiger charge is -2.01.